The molecule has 108 valence electrons. The van der Waals surface area contributed by atoms with Crippen molar-refractivity contribution in [2.45, 2.75) is 17.8 Å². The monoisotopic (exact) mass is 300 g/mol. The van der Waals surface area contributed by atoms with Gasteiger partial charge in [-0.2, -0.15) is 0 Å². The molecule has 8 nitrogen and oxygen atoms in total. The van der Waals surface area contributed by atoms with Crippen LogP contribution in [-0.2, 0) is 23.9 Å². The minimum absolute atomic E-state index is 0.0720. The third kappa shape index (κ3) is 2.48. The molecule has 0 aromatic rings. The average molecular weight is 300 g/mol. The Morgan fingerprint density at radius 2 is 2.25 bits per heavy atom. The SMILES string of the molecule is COC(=O)CC(=O)N[C@@H]1C(=O)N2C(C(=O)O)=CCS[C@H]12. The van der Waals surface area contributed by atoms with Crippen LogP contribution < -0.4 is 5.32 Å². The maximum absolute atomic E-state index is 11.9. The van der Waals surface area contributed by atoms with E-state index in [1.807, 2.05) is 0 Å². The number of methoxy groups -OCH3 is 1. The number of carbonyl (C=O) groups is 4. The lowest BCUT2D eigenvalue weighted by molar-refractivity contribution is -0.151. The van der Waals surface area contributed by atoms with Crippen LogP contribution in [0.3, 0.4) is 0 Å². The second-order valence-corrected chi connectivity index (χ2v) is 5.27. The second-order valence-electron chi connectivity index (χ2n) is 4.12. The van der Waals surface area contributed by atoms with Gasteiger partial charge in [0.25, 0.3) is 5.91 Å². The smallest absolute Gasteiger partial charge is 0.352 e. The van der Waals surface area contributed by atoms with Crippen LogP contribution in [0.2, 0.25) is 0 Å². The molecule has 0 aromatic heterocycles. The van der Waals surface area contributed by atoms with Gasteiger partial charge in [0.15, 0.2) is 0 Å². The van der Waals surface area contributed by atoms with Crippen molar-refractivity contribution in [1.82, 2.24) is 10.2 Å². The number of ether oxygens (including phenoxy) is 1. The van der Waals surface area contributed by atoms with Crippen molar-refractivity contribution in [3.63, 3.8) is 0 Å². The summed E-state index contributed by atoms with van der Waals surface area (Å²) in [7, 11) is 1.16. The summed E-state index contributed by atoms with van der Waals surface area (Å²) in [5.74, 6) is -2.55. The average Bonchev–Trinajstić information content (AvgIpc) is 2.43. The van der Waals surface area contributed by atoms with Crippen molar-refractivity contribution in [3.05, 3.63) is 11.8 Å². The minimum atomic E-state index is -1.18. The second kappa shape index (κ2) is 5.53. The number of hydrogen-bond acceptors (Lipinski definition) is 6. The predicted octanol–water partition coefficient (Wildman–Crippen LogP) is -1.08. The fourth-order valence-electron chi connectivity index (χ4n) is 1.97. The molecule has 0 unspecified atom stereocenters. The number of rotatable bonds is 4. The lowest BCUT2D eigenvalue weighted by Crippen LogP contribution is -2.70. The number of thioether (sulfide) groups is 1. The first-order valence-electron chi connectivity index (χ1n) is 5.70. The third-order valence-electron chi connectivity index (χ3n) is 2.91. The highest BCUT2D eigenvalue weighted by atomic mass is 32.2. The van der Waals surface area contributed by atoms with Crippen molar-refractivity contribution < 1.29 is 29.0 Å². The van der Waals surface area contributed by atoms with Gasteiger partial charge in [-0.1, -0.05) is 0 Å². The first kappa shape index (κ1) is 14.4. The van der Waals surface area contributed by atoms with Crippen molar-refractivity contribution >= 4 is 35.5 Å². The molecule has 2 aliphatic rings. The van der Waals surface area contributed by atoms with Gasteiger partial charge in [0, 0.05) is 5.75 Å². The van der Waals surface area contributed by atoms with E-state index in [0.29, 0.717) is 5.75 Å². The van der Waals surface area contributed by atoms with E-state index in [0.717, 1.165) is 12.0 Å². The quantitative estimate of drug-likeness (QED) is 0.385. The molecule has 2 amide bonds. The number of carboxylic acid groups (broad SMARTS) is 1. The van der Waals surface area contributed by atoms with Gasteiger partial charge in [-0.05, 0) is 6.08 Å². The van der Waals surface area contributed by atoms with Crippen molar-refractivity contribution in [2.75, 3.05) is 12.9 Å². The van der Waals surface area contributed by atoms with E-state index in [4.69, 9.17) is 5.11 Å². The Kier molecular flexibility index (Phi) is 3.98. The van der Waals surface area contributed by atoms with Crippen LogP contribution >= 0.6 is 11.8 Å². The topological polar surface area (TPSA) is 113 Å². The zero-order valence-electron chi connectivity index (χ0n) is 10.5. The number of amides is 2. The number of β-lactam (4-membered cyclic amide) rings is 1. The standard InChI is InChI=1S/C11H12N2O6S/c1-19-7(15)4-6(14)12-8-9(16)13-5(11(17)18)2-3-20-10(8)13/h2,8,10H,3-4H2,1H3,(H,12,14)(H,17,18)/t8-,10-/m1/s1. The maximum Gasteiger partial charge on any atom is 0.352 e. The van der Waals surface area contributed by atoms with Crippen molar-refractivity contribution in [3.8, 4) is 0 Å². The van der Waals surface area contributed by atoms with Crippen LogP contribution in [0, 0.1) is 0 Å². The summed E-state index contributed by atoms with van der Waals surface area (Å²) in [5.41, 5.74) is -0.0720. The van der Waals surface area contributed by atoms with Crippen LogP contribution in [0.4, 0.5) is 0 Å². The molecule has 9 heteroatoms. The summed E-state index contributed by atoms with van der Waals surface area (Å²) < 4.78 is 4.35. The Hall–Kier alpha value is -2.03. The molecule has 2 heterocycles. The molecular formula is C11H12N2O6S. The van der Waals surface area contributed by atoms with Gasteiger partial charge in [-0.25, -0.2) is 4.79 Å². The molecule has 2 N–H and O–H groups in total. The number of nitrogens with zero attached hydrogens (tertiary/aromatic N) is 1. The highest BCUT2D eigenvalue weighted by Crippen LogP contribution is 2.37. The molecule has 0 spiro atoms. The van der Waals surface area contributed by atoms with Gasteiger partial charge in [-0.15, -0.1) is 11.8 Å². The molecule has 0 saturated carbocycles. The van der Waals surface area contributed by atoms with Gasteiger partial charge in [0.1, 0.15) is 23.5 Å². The highest BCUT2D eigenvalue weighted by molar-refractivity contribution is 8.00. The Morgan fingerprint density at radius 1 is 1.55 bits per heavy atom. The van der Waals surface area contributed by atoms with Crippen molar-refractivity contribution in [1.29, 1.82) is 0 Å². The molecule has 20 heavy (non-hydrogen) atoms. The van der Waals surface area contributed by atoms with Crippen LogP contribution in [0.1, 0.15) is 6.42 Å². The van der Waals surface area contributed by atoms with E-state index in [9.17, 15) is 19.2 Å². The van der Waals surface area contributed by atoms with Gasteiger partial charge in [0.05, 0.1) is 7.11 Å². The Bertz CT molecular complexity index is 517. The Balaban J connectivity index is 1.99. The minimum Gasteiger partial charge on any atom is -0.477 e. The molecular weight excluding hydrogens is 288 g/mol. The van der Waals surface area contributed by atoms with Crippen LogP contribution in [0.25, 0.3) is 0 Å². The third-order valence-corrected chi connectivity index (χ3v) is 4.10. The summed E-state index contributed by atoms with van der Waals surface area (Å²) in [4.78, 5) is 46.5. The zero-order chi connectivity index (χ0) is 14.9. The van der Waals surface area contributed by atoms with Gasteiger partial charge < -0.3 is 15.2 Å². The molecule has 0 bridgehead atoms. The van der Waals surface area contributed by atoms with E-state index in [-0.39, 0.29) is 5.70 Å². The molecule has 2 aliphatic heterocycles. The largest absolute Gasteiger partial charge is 0.477 e. The normalized spacial score (nSPS) is 24.1. The maximum atomic E-state index is 11.9. The molecule has 0 radical (unpaired) electrons. The number of esters is 1. The molecule has 0 aromatic carbocycles. The molecule has 1 saturated heterocycles. The lowest BCUT2D eigenvalue weighted by Gasteiger charge is -2.48. The van der Waals surface area contributed by atoms with E-state index >= 15 is 0 Å². The number of aliphatic carboxylic acids is 1. The number of fused-ring (bicyclic) bond motifs is 1. The van der Waals surface area contributed by atoms with E-state index < -0.39 is 41.6 Å². The number of carboxylic acids is 1. The van der Waals surface area contributed by atoms with Crippen molar-refractivity contribution in [2.24, 2.45) is 0 Å². The van der Waals surface area contributed by atoms with E-state index in [1.165, 1.54) is 17.8 Å². The molecule has 2 rings (SSSR count). The Labute approximate surface area is 118 Å². The van der Waals surface area contributed by atoms with E-state index in [1.54, 1.807) is 0 Å². The summed E-state index contributed by atoms with van der Waals surface area (Å²) in [6.45, 7) is 0. The predicted molar refractivity (Wildman–Crippen MR) is 67.4 cm³/mol. The summed E-state index contributed by atoms with van der Waals surface area (Å²) >= 11 is 1.35. The molecule has 2 atom stereocenters. The van der Waals surface area contributed by atoms with Crippen LogP contribution in [0.5, 0.6) is 0 Å². The van der Waals surface area contributed by atoms with Crippen LogP contribution in [-0.4, -0.2) is 58.0 Å². The lowest BCUT2D eigenvalue weighted by atomic mass is 10.0. The molecule has 1 fully saturated rings. The van der Waals surface area contributed by atoms with Gasteiger partial charge in [-0.3, -0.25) is 19.3 Å². The van der Waals surface area contributed by atoms with Crippen LogP contribution in [0.15, 0.2) is 11.8 Å². The number of hydrogen-bond donors (Lipinski definition) is 2. The van der Waals surface area contributed by atoms with E-state index in [2.05, 4.69) is 10.1 Å². The van der Waals surface area contributed by atoms with Gasteiger partial charge in [0.2, 0.25) is 5.91 Å². The zero-order valence-corrected chi connectivity index (χ0v) is 11.3. The first-order valence-corrected chi connectivity index (χ1v) is 6.75. The summed E-state index contributed by atoms with van der Waals surface area (Å²) in [5, 5.41) is 11.0. The molecule has 0 aliphatic carbocycles. The Morgan fingerprint density at radius 3 is 2.85 bits per heavy atom. The summed E-state index contributed by atoms with van der Waals surface area (Å²) in [6.07, 6.45) is 0.979. The van der Waals surface area contributed by atoms with Gasteiger partial charge >= 0.3 is 11.9 Å². The summed E-state index contributed by atoms with van der Waals surface area (Å²) in [6, 6.07) is -0.805. The fraction of sp³-hybridized carbons (Fsp3) is 0.455. The highest BCUT2D eigenvalue weighted by Gasteiger charge is 2.52. The fourth-order valence-corrected chi connectivity index (χ4v) is 3.16. The number of nitrogens with one attached hydrogen (secondary N) is 1. The number of carbonyl (C=O) groups excluding carboxylic acids is 3. The first-order chi connectivity index (χ1) is 9.45.